The number of nitrogens with zero attached hydrogens (tertiary/aromatic N) is 1. The monoisotopic (exact) mass is 509 g/mol. The number of nitrogens with one attached hydrogen (secondary N) is 2. The van der Waals surface area contributed by atoms with Gasteiger partial charge in [-0.1, -0.05) is 43.3 Å². The second-order valence-electron chi connectivity index (χ2n) is 8.77. The number of aryl methyl sites for hydroxylation is 1. The fraction of sp³-hybridized carbons (Fsp3) is 0.259. The fourth-order valence-corrected chi connectivity index (χ4v) is 5.23. The van der Waals surface area contributed by atoms with Gasteiger partial charge in [-0.2, -0.15) is 0 Å². The van der Waals surface area contributed by atoms with Crippen molar-refractivity contribution in [1.29, 1.82) is 0 Å². The summed E-state index contributed by atoms with van der Waals surface area (Å²) in [6.07, 6.45) is 3.02. The van der Waals surface area contributed by atoms with Crippen molar-refractivity contribution in [3.05, 3.63) is 78.1 Å². The quantitative estimate of drug-likeness (QED) is 0.500. The molecular formula is C27H28FN3O4S. The Morgan fingerprint density at radius 1 is 1.08 bits per heavy atom. The zero-order chi connectivity index (χ0) is 25.9. The van der Waals surface area contributed by atoms with E-state index in [9.17, 15) is 18.0 Å². The lowest BCUT2D eigenvalue weighted by atomic mass is 10.0. The summed E-state index contributed by atoms with van der Waals surface area (Å²) in [5.41, 5.74) is 2.62. The molecule has 1 aliphatic rings. The molecule has 3 aromatic carbocycles. The fourth-order valence-electron chi connectivity index (χ4n) is 4.32. The first-order valence-electron chi connectivity index (χ1n) is 11.7. The molecule has 2 N–H and O–H groups in total. The summed E-state index contributed by atoms with van der Waals surface area (Å²) in [5.74, 6) is -1.05. The lowest BCUT2D eigenvalue weighted by Gasteiger charge is -2.33. The molecule has 3 aromatic rings. The minimum Gasteiger partial charge on any atom is -0.326 e. The van der Waals surface area contributed by atoms with Crippen molar-refractivity contribution in [1.82, 2.24) is 5.32 Å². The number of urea groups is 1. The van der Waals surface area contributed by atoms with E-state index < -0.39 is 33.6 Å². The van der Waals surface area contributed by atoms with Crippen LogP contribution in [-0.4, -0.2) is 39.2 Å². The highest BCUT2D eigenvalue weighted by atomic mass is 32.2. The predicted octanol–water partition coefficient (Wildman–Crippen LogP) is 4.78. The van der Waals surface area contributed by atoms with Crippen molar-refractivity contribution in [2.75, 3.05) is 23.0 Å². The molecule has 1 fully saturated rings. The summed E-state index contributed by atoms with van der Waals surface area (Å²) in [5, 5.41) is 5.42. The average molecular weight is 510 g/mol. The van der Waals surface area contributed by atoms with E-state index in [-0.39, 0.29) is 10.6 Å². The molecule has 0 bridgehead atoms. The first-order valence-corrected chi connectivity index (χ1v) is 13.6. The zero-order valence-corrected chi connectivity index (χ0v) is 20.9. The molecule has 0 radical (unpaired) electrons. The molecule has 188 valence electrons. The van der Waals surface area contributed by atoms with E-state index >= 15 is 4.39 Å². The topological polar surface area (TPSA) is 95.6 Å². The van der Waals surface area contributed by atoms with Crippen molar-refractivity contribution in [2.24, 2.45) is 0 Å². The molecule has 1 atom stereocenters. The summed E-state index contributed by atoms with van der Waals surface area (Å²) < 4.78 is 39.5. The van der Waals surface area contributed by atoms with E-state index in [1.165, 1.54) is 23.1 Å². The van der Waals surface area contributed by atoms with Gasteiger partial charge < -0.3 is 15.5 Å². The van der Waals surface area contributed by atoms with Crippen LogP contribution in [0.1, 0.15) is 25.3 Å². The Balaban J connectivity index is 1.50. The number of benzene rings is 3. The molecule has 0 saturated carbocycles. The maximum absolute atomic E-state index is 15.2. The van der Waals surface area contributed by atoms with Crippen LogP contribution in [-0.2, 0) is 21.1 Å². The third kappa shape index (κ3) is 5.57. The van der Waals surface area contributed by atoms with Crippen LogP contribution in [0.5, 0.6) is 0 Å². The number of sulfone groups is 1. The molecule has 0 aromatic heterocycles. The number of halogens is 1. The number of carbonyl (C=O) groups excluding carboxylic acids is 2. The van der Waals surface area contributed by atoms with Gasteiger partial charge in [0.15, 0.2) is 9.84 Å². The van der Waals surface area contributed by atoms with Crippen molar-refractivity contribution >= 4 is 33.2 Å². The summed E-state index contributed by atoms with van der Waals surface area (Å²) >= 11 is 0. The molecule has 0 aliphatic carbocycles. The molecule has 1 heterocycles. The van der Waals surface area contributed by atoms with Crippen LogP contribution in [0.4, 0.5) is 20.6 Å². The van der Waals surface area contributed by atoms with Gasteiger partial charge in [0, 0.05) is 24.1 Å². The highest BCUT2D eigenvalue weighted by Gasteiger charge is 2.32. The van der Waals surface area contributed by atoms with Gasteiger partial charge in [-0.05, 0) is 60.7 Å². The molecule has 9 heteroatoms. The van der Waals surface area contributed by atoms with Gasteiger partial charge in [0.05, 0.1) is 10.6 Å². The molecule has 0 unspecified atom stereocenters. The van der Waals surface area contributed by atoms with Crippen molar-refractivity contribution in [3.8, 4) is 11.1 Å². The van der Waals surface area contributed by atoms with E-state index in [4.69, 9.17) is 0 Å². The summed E-state index contributed by atoms with van der Waals surface area (Å²) in [6.45, 7) is 2.35. The van der Waals surface area contributed by atoms with E-state index in [0.717, 1.165) is 18.2 Å². The Morgan fingerprint density at radius 2 is 1.81 bits per heavy atom. The Bertz CT molecular complexity index is 1390. The first-order chi connectivity index (χ1) is 17.2. The van der Waals surface area contributed by atoms with Crippen LogP contribution in [0.25, 0.3) is 11.1 Å². The molecule has 0 spiro atoms. The second kappa shape index (κ2) is 10.5. The standard InChI is InChI=1S/C27H28FN3O4S/c1-3-18-10-13-20(14-11-18)29-27(33)30-23-8-6-16-31(26(23)32)24-15-12-19(17-22(24)28)21-7-4-5-9-25(21)36(2,34)35/h4-5,7,9-15,17,23H,3,6,8,16H2,1-2H3,(H2,29,30,33)/t23-/m1/s1. The van der Waals surface area contributed by atoms with Gasteiger partial charge in [-0.3, -0.25) is 4.79 Å². The van der Waals surface area contributed by atoms with E-state index in [0.29, 0.717) is 36.2 Å². The number of carbonyl (C=O) groups is 2. The summed E-state index contributed by atoms with van der Waals surface area (Å²) in [4.78, 5) is 27.0. The molecule has 1 saturated heterocycles. The molecule has 1 aliphatic heterocycles. The van der Waals surface area contributed by atoms with Gasteiger partial charge in [0.2, 0.25) is 5.91 Å². The molecule has 36 heavy (non-hydrogen) atoms. The Kier molecular flexibility index (Phi) is 7.40. The highest BCUT2D eigenvalue weighted by Crippen LogP contribution is 2.32. The van der Waals surface area contributed by atoms with E-state index in [1.807, 2.05) is 19.1 Å². The second-order valence-corrected chi connectivity index (χ2v) is 10.8. The first kappa shape index (κ1) is 25.4. The van der Waals surface area contributed by atoms with Gasteiger partial charge in [-0.25, -0.2) is 17.6 Å². The lowest BCUT2D eigenvalue weighted by Crippen LogP contribution is -2.53. The number of rotatable bonds is 6. The smallest absolute Gasteiger partial charge is 0.319 e. The SMILES string of the molecule is CCc1ccc(NC(=O)N[C@@H]2CCCN(c3ccc(-c4ccccc4S(C)(=O)=O)cc3F)C2=O)cc1. The minimum absolute atomic E-state index is 0.0858. The van der Waals surface area contributed by atoms with Crippen LogP contribution in [0, 0.1) is 5.82 Å². The third-order valence-corrected chi connectivity index (χ3v) is 7.35. The molecule has 3 amide bonds. The lowest BCUT2D eigenvalue weighted by molar-refractivity contribution is -0.121. The largest absolute Gasteiger partial charge is 0.326 e. The van der Waals surface area contributed by atoms with Crippen LogP contribution in [0.2, 0.25) is 0 Å². The zero-order valence-electron chi connectivity index (χ0n) is 20.1. The highest BCUT2D eigenvalue weighted by molar-refractivity contribution is 7.90. The van der Waals surface area contributed by atoms with Crippen molar-refractivity contribution in [2.45, 2.75) is 37.1 Å². The molecule has 4 rings (SSSR count). The number of hydrogen-bond donors (Lipinski definition) is 2. The summed E-state index contributed by atoms with van der Waals surface area (Å²) in [6, 6.07) is 16.8. The summed E-state index contributed by atoms with van der Waals surface area (Å²) in [7, 11) is -3.51. The normalized spacial score (nSPS) is 16.0. The Hall–Kier alpha value is -3.72. The number of amides is 3. The number of hydrogen-bond acceptors (Lipinski definition) is 4. The van der Waals surface area contributed by atoms with Gasteiger partial charge in [-0.15, -0.1) is 0 Å². The Labute approximate surface area is 210 Å². The van der Waals surface area contributed by atoms with Crippen LogP contribution >= 0.6 is 0 Å². The number of anilines is 2. The average Bonchev–Trinajstić information content (AvgIpc) is 2.85. The molecule has 7 nitrogen and oxygen atoms in total. The number of piperidine rings is 1. The van der Waals surface area contributed by atoms with Crippen molar-refractivity contribution in [3.63, 3.8) is 0 Å². The maximum Gasteiger partial charge on any atom is 0.319 e. The van der Waals surface area contributed by atoms with E-state index in [1.54, 1.807) is 36.4 Å². The third-order valence-electron chi connectivity index (χ3n) is 6.20. The van der Waals surface area contributed by atoms with E-state index in [2.05, 4.69) is 10.6 Å². The van der Waals surface area contributed by atoms with Crippen LogP contribution < -0.4 is 15.5 Å². The van der Waals surface area contributed by atoms with Gasteiger partial charge in [0.25, 0.3) is 0 Å². The Morgan fingerprint density at radius 3 is 2.47 bits per heavy atom. The molecular weight excluding hydrogens is 481 g/mol. The maximum atomic E-state index is 15.2. The van der Waals surface area contributed by atoms with Gasteiger partial charge >= 0.3 is 6.03 Å². The van der Waals surface area contributed by atoms with Crippen molar-refractivity contribution < 1.29 is 22.4 Å². The van der Waals surface area contributed by atoms with Crippen LogP contribution in [0.15, 0.2) is 71.6 Å². The minimum atomic E-state index is -3.51. The predicted molar refractivity (Wildman–Crippen MR) is 138 cm³/mol. The van der Waals surface area contributed by atoms with Crippen LogP contribution in [0.3, 0.4) is 0 Å². The van der Waals surface area contributed by atoms with Gasteiger partial charge in [0.1, 0.15) is 11.9 Å².